The Hall–Kier alpha value is -1.42. The minimum Gasteiger partial charge on any atom is -0.325 e. The lowest BCUT2D eigenvalue weighted by molar-refractivity contribution is 0.378. The van der Waals surface area contributed by atoms with Crippen molar-refractivity contribution in [3.05, 3.63) is 24.8 Å². The number of rotatable bonds is 1. The molecule has 4 heteroatoms. The van der Waals surface area contributed by atoms with E-state index in [-0.39, 0.29) is 0 Å². The van der Waals surface area contributed by atoms with Crippen molar-refractivity contribution < 1.29 is 0 Å². The summed E-state index contributed by atoms with van der Waals surface area (Å²) in [4.78, 5) is 8.55. The van der Waals surface area contributed by atoms with Crippen molar-refractivity contribution >= 4 is 11.0 Å². The fraction of sp³-hybridized carbons (Fsp3) is 0.455. The first-order valence-corrected chi connectivity index (χ1v) is 5.42. The minimum atomic E-state index is 0.535. The van der Waals surface area contributed by atoms with Gasteiger partial charge in [0, 0.05) is 18.8 Å². The molecule has 0 aliphatic carbocycles. The van der Waals surface area contributed by atoms with Crippen LogP contribution in [0.3, 0.4) is 0 Å². The van der Waals surface area contributed by atoms with Crippen LogP contribution in [0, 0.1) is 0 Å². The van der Waals surface area contributed by atoms with Gasteiger partial charge in [0.2, 0.25) is 0 Å². The van der Waals surface area contributed by atoms with E-state index < -0.39 is 0 Å². The van der Waals surface area contributed by atoms with Gasteiger partial charge in [-0.05, 0) is 25.5 Å². The van der Waals surface area contributed by atoms with Crippen LogP contribution >= 0.6 is 0 Å². The zero-order valence-electron chi connectivity index (χ0n) is 8.56. The second-order valence-electron chi connectivity index (χ2n) is 4.02. The van der Waals surface area contributed by atoms with Gasteiger partial charge in [-0.2, -0.15) is 0 Å². The van der Waals surface area contributed by atoms with Gasteiger partial charge in [0.1, 0.15) is 0 Å². The van der Waals surface area contributed by atoms with Gasteiger partial charge in [-0.1, -0.05) is 0 Å². The summed E-state index contributed by atoms with van der Waals surface area (Å²) < 4.78 is 2.24. The summed E-state index contributed by atoms with van der Waals surface area (Å²) in [6.45, 7) is 2.18. The van der Waals surface area contributed by atoms with Gasteiger partial charge in [0.05, 0.1) is 23.6 Å². The maximum atomic E-state index is 4.39. The largest absolute Gasteiger partial charge is 0.325 e. The molecule has 1 fully saturated rings. The molecule has 1 saturated heterocycles. The maximum absolute atomic E-state index is 4.39. The standard InChI is InChI=1S/C11H14N4/c1-2-9(6-12-4-1)15-8-14-10-3-5-13-7-11(10)15/h3,5,7-9,12H,1-2,4,6H2. The van der Waals surface area contributed by atoms with Crippen LogP contribution in [0.2, 0.25) is 0 Å². The van der Waals surface area contributed by atoms with Crippen LogP contribution in [0.15, 0.2) is 24.8 Å². The van der Waals surface area contributed by atoms with E-state index in [0.29, 0.717) is 6.04 Å². The van der Waals surface area contributed by atoms with Crippen LogP contribution < -0.4 is 5.32 Å². The van der Waals surface area contributed by atoms with Crippen molar-refractivity contribution in [3.8, 4) is 0 Å². The summed E-state index contributed by atoms with van der Waals surface area (Å²) in [5, 5.41) is 3.42. The molecule has 0 amide bonds. The predicted molar refractivity (Wildman–Crippen MR) is 58.7 cm³/mol. The van der Waals surface area contributed by atoms with Gasteiger partial charge in [-0.25, -0.2) is 4.98 Å². The Labute approximate surface area is 88.3 Å². The average molecular weight is 202 g/mol. The number of hydrogen-bond donors (Lipinski definition) is 1. The van der Waals surface area contributed by atoms with Crippen molar-refractivity contribution in [2.75, 3.05) is 13.1 Å². The quantitative estimate of drug-likeness (QED) is 0.759. The van der Waals surface area contributed by atoms with E-state index >= 15 is 0 Å². The highest BCUT2D eigenvalue weighted by molar-refractivity contribution is 5.73. The first-order chi connectivity index (χ1) is 7.45. The number of piperidine rings is 1. The van der Waals surface area contributed by atoms with Crippen LogP contribution in [-0.2, 0) is 0 Å². The molecule has 1 aliphatic heterocycles. The third-order valence-electron chi connectivity index (χ3n) is 3.04. The molecular weight excluding hydrogens is 188 g/mol. The summed E-state index contributed by atoms with van der Waals surface area (Å²) in [5.41, 5.74) is 2.18. The van der Waals surface area contributed by atoms with Gasteiger partial charge in [-0.3, -0.25) is 4.98 Å². The average Bonchev–Trinajstić information content (AvgIpc) is 2.74. The molecule has 0 aromatic carbocycles. The predicted octanol–water partition coefficient (Wildman–Crippen LogP) is 1.36. The Balaban J connectivity index is 2.02. The van der Waals surface area contributed by atoms with Crippen molar-refractivity contribution in [1.29, 1.82) is 0 Å². The fourth-order valence-electron chi connectivity index (χ4n) is 2.24. The Morgan fingerprint density at radius 2 is 2.47 bits per heavy atom. The lowest BCUT2D eigenvalue weighted by Gasteiger charge is -2.24. The monoisotopic (exact) mass is 202 g/mol. The normalized spacial score (nSPS) is 22.0. The van der Waals surface area contributed by atoms with Crippen molar-refractivity contribution in [3.63, 3.8) is 0 Å². The molecule has 3 rings (SSSR count). The summed E-state index contributed by atoms with van der Waals surface area (Å²) >= 11 is 0. The van der Waals surface area contributed by atoms with E-state index in [2.05, 4.69) is 19.9 Å². The molecule has 0 bridgehead atoms. The van der Waals surface area contributed by atoms with E-state index in [1.807, 2.05) is 18.6 Å². The molecular formula is C11H14N4. The van der Waals surface area contributed by atoms with Crippen molar-refractivity contribution in [2.45, 2.75) is 18.9 Å². The zero-order valence-corrected chi connectivity index (χ0v) is 8.56. The van der Waals surface area contributed by atoms with E-state index in [9.17, 15) is 0 Å². The Morgan fingerprint density at radius 1 is 1.47 bits per heavy atom. The van der Waals surface area contributed by atoms with Crippen LogP contribution in [0.4, 0.5) is 0 Å². The van der Waals surface area contributed by atoms with Crippen LogP contribution in [0.1, 0.15) is 18.9 Å². The van der Waals surface area contributed by atoms with Gasteiger partial charge >= 0.3 is 0 Å². The summed E-state index contributed by atoms with van der Waals surface area (Å²) in [5.74, 6) is 0. The molecule has 0 radical (unpaired) electrons. The van der Waals surface area contributed by atoms with Crippen LogP contribution in [-0.4, -0.2) is 27.6 Å². The Morgan fingerprint density at radius 3 is 3.33 bits per heavy atom. The smallest absolute Gasteiger partial charge is 0.0961 e. The first kappa shape index (κ1) is 8.85. The van der Waals surface area contributed by atoms with E-state index in [4.69, 9.17) is 0 Å². The summed E-state index contributed by atoms with van der Waals surface area (Å²) in [6.07, 6.45) is 8.09. The molecule has 15 heavy (non-hydrogen) atoms. The lowest BCUT2D eigenvalue weighted by atomic mass is 10.1. The second-order valence-corrected chi connectivity index (χ2v) is 4.02. The van der Waals surface area contributed by atoms with Gasteiger partial charge in [-0.15, -0.1) is 0 Å². The van der Waals surface area contributed by atoms with Gasteiger partial charge in [0.15, 0.2) is 0 Å². The van der Waals surface area contributed by atoms with Crippen LogP contribution in [0.25, 0.3) is 11.0 Å². The Kier molecular flexibility index (Phi) is 2.14. The highest BCUT2D eigenvalue weighted by atomic mass is 15.1. The molecule has 0 saturated carbocycles. The maximum Gasteiger partial charge on any atom is 0.0961 e. The molecule has 2 aromatic rings. The molecule has 1 atom stereocenters. The first-order valence-electron chi connectivity index (χ1n) is 5.42. The van der Waals surface area contributed by atoms with E-state index in [1.54, 1.807) is 6.20 Å². The second kappa shape index (κ2) is 3.62. The summed E-state index contributed by atoms with van der Waals surface area (Å²) in [6, 6.07) is 2.50. The molecule has 3 heterocycles. The molecule has 0 spiro atoms. The molecule has 1 aliphatic rings. The van der Waals surface area contributed by atoms with Gasteiger partial charge < -0.3 is 9.88 Å². The number of fused-ring (bicyclic) bond motifs is 1. The van der Waals surface area contributed by atoms with Crippen LogP contribution in [0.5, 0.6) is 0 Å². The lowest BCUT2D eigenvalue weighted by Crippen LogP contribution is -2.31. The number of nitrogens with zero attached hydrogens (tertiary/aromatic N) is 3. The minimum absolute atomic E-state index is 0.535. The number of nitrogens with one attached hydrogen (secondary N) is 1. The highest BCUT2D eigenvalue weighted by Gasteiger charge is 2.16. The number of hydrogen-bond acceptors (Lipinski definition) is 3. The van der Waals surface area contributed by atoms with Crippen molar-refractivity contribution in [2.24, 2.45) is 0 Å². The molecule has 1 N–H and O–H groups in total. The third-order valence-corrected chi connectivity index (χ3v) is 3.04. The molecule has 78 valence electrons. The van der Waals surface area contributed by atoms with Gasteiger partial charge in [0.25, 0.3) is 0 Å². The van der Waals surface area contributed by atoms with Crippen molar-refractivity contribution in [1.82, 2.24) is 19.9 Å². The summed E-state index contributed by atoms with van der Waals surface area (Å²) in [7, 11) is 0. The number of imidazole rings is 1. The van der Waals surface area contributed by atoms with E-state index in [0.717, 1.165) is 24.1 Å². The van der Waals surface area contributed by atoms with E-state index in [1.165, 1.54) is 12.8 Å². The third kappa shape index (κ3) is 1.51. The Bertz CT molecular complexity index is 456. The zero-order chi connectivity index (χ0) is 10.1. The fourth-order valence-corrected chi connectivity index (χ4v) is 2.24. The molecule has 1 unspecified atom stereocenters. The SMILES string of the molecule is c1cc2ncn(C3CCCNC3)c2cn1. The number of pyridine rings is 1. The highest BCUT2D eigenvalue weighted by Crippen LogP contribution is 2.21. The number of aromatic nitrogens is 3. The molecule has 2 aromatic heterocycles. The molecule has 4 nitrogen and oxygen atoms in total. The topological polar surface area (TPSA) is 42.7 Å².